The summed E-state index contributed by atoms with van der Waals surface area (Å²) < 4.78 is 1.67. The van der Waals surface area contributed by atoms with Crippen molar-refractivity contribution in [2.24, 2.45) is 13.0 Å². The zero-order chi connectivity index (χ0) is 13.1. The Morgan fingerprint density at radius 2 is 2.22 bits per heavy atom. The number of rotatable bonds is 4. The van der Waals surface area contributed by atoms with Gasteiger partial charge in [-0.25, -0.2) is 9.97 Å². The molecule has 2 aromatic heterocycles. The van der Waals surface area contributed by atoms with Crippen molar-refractivity contribution in [3.63, 3.8) is 0 Å². The third-order valence-electron chi connectivity index (χ3n) is 2.64. The summed E-state index contributed by atoms with van der Waals surface area (Å²) in [6, 6.07) is -0.174. The molecule has 2 rings (SSSR count). The molecular formula is C11H15N5OS. The Bertz CT molecular complexity index is 519. The molecule has 1 unspecified atom stereocenters. The van der Waals surface area contributed by atoms with E-state index in [1.807, 2.05) is 20.9 Å². The van der Waals surface area contributed by atoms with Crippen molar-refractivity contribution >= 4 is 17.2 Å². The van der Waals surface area contributed by atoms with E-state index in [0.717, 1.165) is 5.82 Å². The topological polar surface area (TPSA) is 72.7 Å². The SMILES string of the molecule is CC(C)C(NC(=O)c1cscn1)c1ncnn1C. The first-order valence-electron chi connectivity index (χ1n) is 5.62. The standard InChI is InChI=1S/C11H15N5OS/c1-7(2)9(10-12-5-14-16(10)3)15-11(17)8-4-18-6-13-8/h4-7,9H,1-3H3,(H,15,17). The summed E-state index contributed by atoms with van der Waals surface area (Å²) in [5, 5.41) is 8.70. The van der Waals surface area contributed by atoms with E-state index in [4.69, 9.17) is 0 Å². The van der Waals surface area contributed by atoms with Crippen molar-refractivity contribution in [3.8, 4) is 0 Å². The van der Waals surface area contributed by atoms with Crippen LogP contribution in [0.4, 0.5) is 0 Å². The van der Waals surface area contributed by atoms with Gasteiger partial charge in [-0.2, -0.15) is 5.10 Å². The van der Waals surface area contributed by atoms with Gasteiger partial charge in [0.15, 0.2) is 0 Å². The van der Waals surface area contributed by atoms with Gasteiger partial charge in [0.25, 0.3) is 5.91 Å². The first-order chi connectivity index (χ1) is 8.59. The largest absolute Gasteiger partial charge is 0.340 e. The van der Waals surface area contributed by atoms with E-state index in [1.165, 1.54) is 17.7 Å². The number of hydrogen-bond acceptors (Lipinski definition) is 5. The van der Waals surface area contributed by atoms with E-state index in [2.05, 4.69) is 20.4 Å². The lowest BCUT2D eigenvalue weighted by Crippen LogP contribution is -2.33. The fourth-order valence-electron chi connectivity index (χ4n) is 1.66. The molecule has 2 aromatic rings. The zero-order valence-corrected chi connectivity index (χ0v) is 11.3. The molecule has 7 heteroatoms. The second-order valence-electron chi connectivity index (χ2n) is 4.31. The maximum atomic E-state index is 12.0. The average Bonchev–Trinajstić information content (AvgIpc) is 2.96. The van der Waals surface area contributed by atoms with Crippen LogP contribution in [0.1, 0.15) is 36.2 Å². The van der Waals surface area contributed by atoms with E-state index in [0.29, 0.717) is 5.69 Å². The van der Waals surface area contributed by atoms with Crippen LogP contribution >= 0.6 is 11.3 Å². The predicted octanol–water partition coefficient (Wildman–Crippen LogP) is 1.40. The number of nitrogens with one attached hydrogen (secondary N) is 1. The summed E-state index contributed by atoms with van der Waals surface area (Å²) >= 11 is 1.40. The number of carbonyl (C=O) groups excluding carboxylic acids is 1. The van der Waals surface area contributed by atoms with Crippen LogP contribution < -0.4 is 5.32 Å². The molecule has 96 valence electrons. The average molecular weight is 265 g/mol. The number of amides is 1. The monoisotopic (exact) mass is 265 g/mol. The highest BCUT2D eigenvalue weighted by Gasteiger charge is 2.23. The van der Waals surface area contributed by atoms with Gasteiger partial charge in [-0.05, 0) is 5.92 Å². The first-order valence-corrected chi connectivity index (χ1v) is 6.57. The van der Waals surface area contributed by atoms with E-state index >= 15 is 0 Å². The maximum absolute atomic E-state index is 12.0. The Hall–Kier alpha value is -1.76. The molecule has 0 aliphatic carbocycles. The Kier molecular flexibility index (Phi) is 3.71. The molecule has 0 aliphatic heterocycles. The molecule has 18 heavy (non-hydrogen) atoms. The molecule has 0 fully saturated rings. The smallest absolute Gasteiger partial charge is 0.271 e. The van der Waals surface area contributed by atoms with Crippen LogP contribution in [0.2, 0.25) is 0 Å². The maximum Gasteiger partial charge on any atom is 0.271 e. The molecule has 0 radical (unpaired) electrons. The molecule has 0 bridgehead atoms. The third kappa shape index (κ3) is 2.56. The minimum absolute atomic E-state index is 0.174. The molecule has 0 spiro atoms. The van der Waals surface area contributed by atoms with Gasteiger partial charge in [-0.3, -0.25) is 9.48 Å². The van der Waals surface area contributed by atoms with Crippen LogP contribution in [-0.2, 0) is 7.05 Å². The van der Waals surface area contributed by atoms with E-state index in [9.17, 15) is 4.79 Å². The van der Waals surface area contributed by atoms with Gasteiger partial charge in [0.1, 0.15) is 17.8 Å². The number of thiazole rings is 1. The minimum Gasteiger partial charge on any atom is -0.340 e. The molecule has 1 amide bonds. The zero-order valence-electron chi connectivity index (χ0n) is 10.5. The molecule has 0 saturated heterocycles. The van der Waals surface area contributed by atoms with Crippen LogP contribution in [0.15, 0.2) is 17.2 Å². The number of carbonyl (C=O) groups is 1. The highest BCUT2D eigenvalue weighted by atomic mass is 32.1. The Morgan fingerprint density at radius 3 is 2.72 bits per heavy atom. The van der Waals surface area contributed by atoms with Crippen molar-refractivity contribution < 1.29 is 4.79 Å². The number of nitrogens with zero attached hydrogens (tertiary/aromatic N) is 4. The van der Waals surface area contributed by atoms with Crippen molar-refractivity contribution in [1.29, 1.82) is 0 Å². The fraction of sp³-hybridized carbons (Fsp3) is 0.455. The summed E-state index contributed by atoms with van der Waals surface area (Å²) in [5.74, 6) is 0.780. The summed E-state index contributed by atoms with van der Waals surface area (Å²) in [4.78, 5) is 20.2. The van der Waals surface area contributed by atoms with Gasteiger partial charge < -0.3 is 5.32 Å². The number of aryl methyl sites for hydroxylation is 1. The Balaban J connectivity index is 2.18. The van der Waals surface area contributed by atoms with Gasteiger partial charge in [0.05, 0.1) is 11.6 Å². The van der Waals surface area contributed by atoms with Gasteiger partial charge in [0, 0.05) is 12.4 Å². The molecule has 2 heterocycles. The first kappa shape index (κ1) is 12.7. The summed E-state index contributed by atoms with van der Waals surface area (Å²) in [6.07, 6.45) is 1.49. The summed E-state index contributed by atoms with van der Waals surface area (Å²) in [6.45, 7) is 4.06. The highest BCUT2D eigenvalue weighted by molar-refractivity contribution is 7.07. The third-order valence-corrected chi connectivity index (χ3v) is 3.23. The molecule has 1 atom stereocenters. The van der Waals surface area contributed by atoms with Gasteiger partial charge in [-0.15, -0.1) is 11.3 Å². The fourth-order valence-corrected chi connectivity index (χ4v) is 2.19. The number of hydrogen-bond donors (Lipinski definition) is 1. The molecule has 0 aliphatic rings. The van der Waals surface area contributed by atoms with E-state index < -0.39 is 0 Å². The van der Waals surface area contributed by atoms with E-state index in [-0.39, 0.29) is 17.9 Å². The van der Waals surface area contributed by atoms with Crippen molar-refractivity contribution in [2.75, 3.05) is 0 Å². The van der Waals surface area contributed by atoms with Gasteiger partial charge in [0.2, 0.25) is 0 Å². The second kappa shape index (κ2) is 5.26. The van der Waals surface area contributed by atoms with Crippen LogP contribution in [0.3, 0.4) is 0 Å². The van der Waals surface area contributed by atoms with E-state index in [1.54, 1.807) is 15.6 Å². The number of aromatic nitrogens is 4. The summed E-state index contributed by atoms with van der Waals surface area (Å²) in [5.41, 5.74) is 2.08. The van der Waals surface area contributed by atoms with Crippen molar-refractivity contribution in [1.82, 2.24) is 25.1 Å². The van der Waals surface area contributed by atoms with Gasteiger partial charge >= 0.3 is 0 Å². The lowest BCUT2D eigenvalue weighted by atomic mass is 10.0. The molecule has 6 nitrogen and oxygen atoms in total. The Morgan fingerprint density at radius 1 is 1.44 bits per heavy atom. The van der Waals surface area contributed by atoms with Crippen LogP contribution in [0, 0.1) is 5.92 Å². The quantitative estimate of drug-likeness (QED) is 0.907. The van der Waals surface area contributed by atoms with Gasteiger partial charge in [-0.1, -0.05) is 13.8 Å². The second-order valence-corrected chi connectivity index (χ2v) is 5.03. The van der Waals surface area contributed by atoms with Crippen molar-refractivity contribution in [3.05, 3.63) is 28.7 Å². The van der Waals surface area contributed by atoms with Crippen LogP contribution in [0.25, 0.3) is 0 Å². The minimum atomic E-state index is -0.182. The normalized spacial score (nSPS) is 12.7. The lowest BCUT2D eigenvalue weighted by molar-refractivity contribution is 0.0917. The van der Waals surface area contributed by atoms with Crippen LogP contribution in [0.5, 0.6) is 0 Å². The van der Waals surface area contributed by atoms with Crippen molar-refractivity contribution in [2.45, 2.75) is 19.9 Å². The summed E-state index contributed by atoms with van der Waals surface area (Å²) in [7, 11) is 1.81. The molecule has 0 aromatic carbocycles. The molecular weight excluding hydrogens is 250 g/mol. The predicted molar refractivity (Wildman–Crippen MR) is 68.2 cm³/mol. The molecule has 0 saturated carbocycles. The van der Waals surface area contributed by atoms with Crippen LogP contribution in [-0.4, -0.2) is 25.7 Å². The lowest BCUT2D eigenvalue weighted by Gasteiger charge is -2.20. The highest BCUT2D eigenvalue weighted by Crippen LogP contribution is 2.19. The Labute approximate surface area is 109 Å². The molecule has 1 N–H and O–H groups in total.